The van der Waals surface area contributed by atoms with Crippen molar-refractivity contribution < 1.29 is 18.7 Å². The van der Waals surface area contributed by atoms with E-state index >= 15 is 0 Å². The highest BCUT2D eigenvalue weighted by atomic mass is 79.9. The van der Waals surface area contributed by atoms with Crippen LogP contribution < -0.4 is 10.1 Å². The molecule has 0 aromatic heterocycles. The molecule has 2 aromatic carbocycles. The summed E-state index contributed by atoms with van der Waals surface area (Å²) in [7, 11) is 0. The molecular formula is C21H23BrClFN2O3. The minimum absolute atomic E-state index is 0.150. The van der Waals surface area contributed by atoms with Gasteiger partial charge in [-0.25, -0.2) is 4.39 Å². The summed E-state index contributed by atoms with van der Waals surface area (Å²) in [6.45, 7) is 3.99. The van der Waals surface area contributed by atoms with Gasteiger partial charge in [-0.3, -0.25) is 9.59 Å². The zero-order valence-corrected chi connectivity index (χ0v) is 18.6. The van der Waals surface area contributed by atoms with E-state index in [9.17, 15) is 14.0 Å². The van der Waals surface area contributed by atoms with E-state index in [0.29, 0.717) is 22.9 Å². The van der Waals surface area contributed by atoms with Crippen LogP contribution >= 0.6 is 27.5 Å². The van der Waals surface area contributed by atoms with Gasteiger partial charge in [-0.15, -0.1) is 0 Å². The molecule has 0 saturated carbocycles. The zero-order valence-electron chi connectivity index (χ0n) is 16.3. The van der Waals surface area contributed by atoms with E-state index in [1.165, 1.54) is 17.0 Å². The van der Waals surface area contributed by atoms with E-state index in [4.69, 9.17) is 16.3 Å². The van der Waals surface area contributed by atoms with Crippen molar-refractivity contribution in [2.24, 2.45) is 0 Å². The Kier molecular flexibility index (Phi) is 8.92. The van der Waals surface area contributed by atoms with Crippen molar-refractivity contribution in [3.8, 4) is 5.75 Å². The number of carbonyl (C=O) groups is 2. The van der Waals surface area contributed by atoms with Gasteiger partial charge in [-0.1, -0.05) is 46.6 Å². The lowest BCUT2D eigenvalue weighted by Crippen LogP contribution is -2.49. The summed E-state index contributed by atoms with van der Waals surface area (Å²) < 4.78 is 19.6. The molecule has 2 rings (SSSR count). The second-order valence-corrected chi connectivity index (χ2v) is 7.80. The lowest BCUT2D eigenvalue weighted by Gasteiger charge is -2.28. The molecule has 0 fully saturated rings. The Bertz CT molecular complexity index is 848. The molecule has 0 unspecified atom stereocenters. The molecular weight excluding hydrogens is 463 g/mol. The topological polar surface area (TPSA) is 58.6 Å². The van der Waals surface area contributed by atoms with Crippen LogP contribution in [0.1, 0.15) is 25.8 Å². The van der Waals surface area contributed by atoms with Crippen molar-refractivity contribution >= 4 is 39.3 Å². The van der Waals surface area contributed by atoms with Crippen LogP contribution in [0.5, 0.6) is 5.75 Å². The highest BCUT2D eigenvalue weighted by molar-refractivity contribution is 9.10. The third-order valence-electron chi connectivity index (χ3n) is 4.23. The van der Waals surface area contributed by atoms with Crippen LogP contribution in [-0.4, -0.2) is 35.9 Å². The van der Waals surface area contributed by atoms with Gasteiger partial charge in [-0.05, 0) is 49.2 Å². The van der Waals surface area contributed by atoms with Crippen molar-refractivity contribution in [3.63, 3.8) is 0 Å². The van der Waals surface area contributed by atoms with Crippen LogP contribution in [0.25, 0.3) is 0 Å². The smallest absolute Gasteiger partial charge is 0.261 e. The number of nitrogens with one attached hydrogen (secondary N) is 1. The predicted octanol–water partition coefficient (Wildman–Crippen LogP) is 4.56. The molecule has 156 valence electrons. The van der Waals surface area contributed by atoms with E-state index in [1.54, 1.807) is 37.3 Å². The number of hydrogen-bond donors (Lipinski definition) is 1. The first-order valence-corrected chi connectivity index (χ1v) is 10.4. The first-order valence-electron chi connectivity index (χ1n) is 9.21. The Balaban J connectivity index is 2.14. The largest absolute Gasteiger partial charge is 0.482 e. The van der Waals surface area contributed by atoms with Gasteiger partial charge in [0, 0.05) is 17.6 Å². The molecule has 5 nitrogen and oxygen atoms in total. The quantitative estimate of drug-likeness (QED) is 0.566. The summed E-state index contributed by atoms with van der Waals surface area (Å²) in [6, 6.07) is 10.2. The lowest BCUT2D eigenvalue weighted by molar-refractivity contribution is -0.142. The van der Waals surface area contributed by atoms with Crippen LogP contribution in [0.4, 0.5) is 4.39 Å². The Morgan fingerprint density at radius 1 is 1.24 bits per heavy atom. The molecule has 29 heavy (non-hydrogen) atoms. The minimum Gasteiger partial charge on any atom is -0.482 e. The monoisotopic (exact) mass is 484 g/mol. The fourth-order valence-electron chi connectivity index (χ4n) is 2.58. The standard InChI is InChI=1S/C21H23BrClFN2O3/c1-3-10-25-21(28)14(2)26(12-15-4-7-17(24)8-5-15)20(27)13-29-19-9-6-16(22)11-18(19)23/h4-9,11,14H,3,10,12-13H2,1-2H3,(H,25,28)/t14-/m0/s1. The van der Waals surface area contributed by atoms with Crippen molar-refractivity contribution in [1.82, 2.24) is 10.2 Å². The van der Waals surface area contributed by atoms with Gasteiger partial charge in [0.2, 0.25) is 5.91 Å². The molecule has 2 aromatic rings. The molecule has 2 amide bonds. The number of amides is 2. The number of nitrogens with zero attached hydrogens (tertiary/aromatic N) is 1. The predicted molar refractivity (Wildman–Crippen MR) is 114 cm³/mol. The maximum Gasteiger partial charge on any atom is 0.261 e. The van der Waals surface area contributed by atoms with Gasteiger partial charge >= 0.3 is 0 Å². The fraction of sp³-hybridized carbons (Fsp3) is 0.333. The summed E-state index contributed by atoms with van der Waals surface area (Å²) in [5.74, 6) is -0.641. The molecule has 1 N–H and O–H groups in total. The van der Waals surface area contributed by atoms with E-state index in [2.05, 4.69) is 21.2 Å². The molecule has 0 saturated heterocycles. The fourth-order valence-corrected chi connectivity index (χ4v) is 3.31. The van der Waals surface area contributed by atoms with Crippen molar-refractivity contribution in [2.75, 3.05) is 13.2 Å². The Labute approximate surface area is 183 Å². The van der Waals surface area contributed by atoms with Crippen LogP contribution in [0.3, 0.4) is 0 Å². The number of halogens is 3. The molecule has 0 aliphatic carbocycles. The molecule has 0 spiro atoms. The summed E-state index contributed by atoms with van der Waals surface area (Å²) in [4.78, 5) is 26.7. The van der Waals surface area contributed by atoms with E-state index in [-0.39, 0.29) is 30.8 Å². The summed E-state index contributed by atoms with van der Waals surface area (Å²) in [5, 5.41) is 3.16. The van der Waals surface area contributed by atoms with Gasteiger partial charge in [0.25, 0.3) is 5.91 Å². The molecule has 0 bridgehead atoms. The van der Waals surface area contributed by atoms with Crippen molar-refractivity contribution in [1.29, 1.82) is 0 Å². The first-order chi connectivity index (χ1) is 13.8. The molecule has 0 aliphatic rings. The number of hydrogen-bond acceptors (Lipinski definition) is 3. The lowest BCUT2D eigenvalue weighted by atomic mass is 10.1. The second-order valence-electron chi connectivity index (χ2n) is 6.48. The van der Waals surface area contributed by atoms with Crippen molar-refractivity contribution in [2.45, 2.75) is 32.9 Å². The van der Waals surface area contributed by atoms with Crippen LogP contribution in [-0.2, 0) is 16.1 Å². The number of ether oxygens (including phenoxy) is 1. The Hall–Kier alpha value is -2.12. The third kappa shape index (κ3) is 7.01. The van der Waals surface area contributed by atoms with Crippen molar-refractivity contribution in [3.05, 3.63) is 63.3 Å². The highest BCUT2D eigenvalue weighted by Gasteiger charge is 2.26. The normalized spacial score (nSPS) is 11.6. The van der Waals surface area contributed by atoms with Gasteiger partial charge in [0.05, 0.1) is 5.02 Å². The van der Waals surface area contributed by atoms with E-state index < -0.39 is 6.04 Å². The van der Waals surface area contributed by atoms with Gasteiger partial charge < -0.3 is 15.0 Å². The maximum absolute atomic E-state index is 13.2. The Morgan fingerprint density at radius 3 is 2.55 bits per heavy atom. The van der Waals surface area contributed by atoms with Gasteiger partial charge in [0.15, 0.2) is 6.61 Å². The highest BCUT2D eigenvalue weighted by Crippen LogP contribution is 2.27. The zero-order chi connectivity index (χ0) is 21.4. The van der Waals surface area contributed by atoms with Crippen LogP contribution in [0.15, 0.2) is 46.9 Å². The number of carbonyl (C=O) groups excluding carboxylic acids is 2. The van der Waals surface area contributed by atoms with Gasteiger partial charge in [0.1, 0.15) is 17.6 Å². The average Bonchev–Trinajstić information content (AvgIpc) is 2.70. The van der Waals surface area contributed by atoms with Crippen LogP contribution in [0, 0.1) is 5.82 Å². The molecule has 1 atom stereocenters. The SMILES string of the molecule is CCCNC(=O)[C@H](C)N(Cc1ccc(F)cc1)C(=O)COc1ccc(Br)cc1Cl. The molecule has 0 heterocycles. The Morgan fingerprint density at radius 2 is 1.93 bits per heavy atom. The summed E-state index contributed by atoms with van der Waals surface area (Å²) in [5.41, 5.74) is 0.705. The molecule has 0 aliphatic heterocycles. The summed E-state index contributed by atoms with van der Waals surface area (Å²) >= 11 is 9.44. The average molecular weight is 486 g/mol. The molecule has 8 heteroatoms. The van der Waals surface area contributed by atoms with Crippen LogP contribution in [0.2, 0.25) is 5.02 Å². The molecule has 0 radical (unpaired) electrons. The number of rotatable bonds is 9. The van der Waals surface area contributed by atoms with E-state index in [0.717, 1.165) is 10.9 Å². The first kappa shape index (κ1) is 23.2. The van der Waals surface area contributed by atoms with E-state index in [1.807, 2.05) is 6.92 Å². The summed E-state index contributed by atoms with van der Waals surface area (Å²) in [6.07, 6.45) is 0.787. The minimum atomic E-state index is -0.719. The maximum atomic E-state index is 13.2. The number of benzene rings is 2. The van der Waals surface area contributed by atoms with Gasteiger partial charge in [-0.2, -0.15) is 0 Å². The second kappa shape index (κ2) is 11.2. The third-order valence-corrected chi connectivity index (χ3v) is 5.02.